The molecule has 0 amide bonds. The molecule has 3 heteroatoms. The van der Waals surface area contributed by atoms with Crippen LogP contribution in [0.25, 0.3) is 0 Å². The van der Waals surface area contributed by atoms with E-state index in [2.05, 4.69) is 24.3 Å². The highest BCUT2D eigenvalue weighted by Gasteiger charge is 2.37. The summed E-state index contributed by atoms with van der Waals surface area (Å²) in [6, 6.07) is 0. The fourth-order valence-corrected chi connectivity index (χ4v) is 1.86. The van der Waals surface area contributed by atoms with Crippen molar-refractivity contribution in [2.45, 2.75) is 33.1 Å². The molecule has 0 bridgehead atoms. The van der Waals surface area contributed by atoms with Gasteiger partial charge in [-0.3, -0.25) is 4.99 Å². The molecule has 1 aliphatic carbocycles. The first kappa shape index (κ1) is 9.52. The van der Waals surface area contributed by atoms with Crippen LogP contribution >= 0.6 is 0 Å². The monoisotopic (exact) mass is 169 g/mol. The third kappa shape index (κ3) is 1.46. The van der Waals surface area contributed by atoms with Crippen molar-refractivity contribution in [2.24, 2.45) is 22.2 Å². The van der Waals surface area contributed by atoms with Crippen molar-refractivity contribution in [1.82, 2.24) is 5.43 Å². The number of amidine groups is 1. The van der Waals surface area contributed by atoms with E-state index < -0.39 is 0 Å². The van der Waals surface area contributed by atoms with Crippen molar-refractivity contribution >= 4 is 5.84 Å². The Morgan fingerprint density at radius 3 is 2.33 bits per heavy atom. The van der Waals surface area contributed by atoms with Crippen molar-refractivity contribution in [3.63, 3.8) is 0 Å². The molecule has 0 aromatic rings. The summed E-state index contributed by atoms with van der Waals surface area (Å²) in [5.41, 5.74) is 2.82. The molecule has 1 saturated carbocycles. The lowest BCUT2D eigenvalue weighted by atomic mass is 9.66. The number of aliphatic imine (C=N–C) groups is 1. The van der Waals surface area contributed by atoms with Gasteiger partial charge in [-0.2, -0.15) is 0 Å². The molecule has 0 heterocycles. The van der Waals surface area contributed by atoms with Gasteiger partial charge in [-0.25, -0.2) is 5.84 Å². The van der Waals surface area contributed by atoms with Crippen LogP contribution in [0, 0.1) is 11.3 Å². The minimum Gasteiger partial charge on any atom is -0.312 e. The smallest absolute Gasteiger partial charge is 0.116 e. The average Bonchev–Trinajstić information content (AvgIpc) is 1.83. The molecule has 3 nitrogen and oxygen atoms in total. The largest absolute Gasteiger partial charge is 0.312 e. The molecule has 1 fully saturated rings. The van der Waals surface area contributed by atoms with Crippen molar-refractivity contribution in [1.29, 1.82) is 0 Å². The summed E-state index contributed by atoms with van der Waals surface area (Å²) in [6.07, 6.45) is 3.98. The van der Waals surface area contributed by atoms with E-state index in [-0.39, 0.29) is 5.41 Å². The maximum absolute atomic E-state index is 5.41. The van der Waals surface area contributed by atoms with Gasteiger partial charge in [-0.1, -0.05) is 20.3 Å². The second kappa shape index (κ2) is 3.44. The lowest BCUT2D eigenvalue weighted by molar-refractivity contribution is 0.183. The van der Waals surface area contributed by atoms with Gasteiger partial charge in [-0.15, -0.1) is 0 Å². The minimum atomic E-state index is 0.127. The second-order valence-corrected chi connectivity index (χ2v) is 4.07. The van der Waals surface area contributed by atoms with Gasteiger partial charge in [0.2, 0.25) is 0 Å². The zero-order valence-electron chi connectivity index (χ0n) is 8.22. The standard InChI is InChI=1S/C9H19N3/c1-9(2,7-5-4-6-7)8(11-3)12-10/h7H,4-6,10H2,1-3H3,(H,11,12). The number of rotatable bonds is 2. The molecular formula is C9H19N3. The topological polar surface area (TPSA) is 50.4 Å². The first-order valence-electron chi connectivity index (χ1n) is 4.56. The molecule has 3 N–H and O–H groups in total. The van der Waals surface area contributed by atoms with Gasteiger partial charge in [0, 0.05) is 12.5 Å². The molecule has 70 valence electrons. The van der Waals surface area contributed by atoms with Gasteiger partial charge in [0.15, 0.2) is 0 Å². The van der Waals surface area contributed by atoms with E-state index in [1.54, 1.807) is 7.05 Å². The summed E-state index contributed by atoms with van der Waals surface area (Å²) >= 11 is 0. The van der Waals surface area contributed by atoms with Crippen molar-refractivity contribution < 1.29 is 0 Å². The van der Waals surface area contributed by atoms with E-state index >= 15 is 0 Å². The van der Waals surface area contributed by atoms with E-state index in [0.717, 1.165) is 11.8 Å². The van der Waals surface area contributed by atoms with Gasteiger partial charge in [0.25, 0.3) is 0 Å². The molecule has 0 unspecified atom stereocenters. The molecule has 1 rings (SSSR count). The maximum atomic E-state index is 5.41. The zero-order chi connectivity index (χ0) is 9.19. The molecule has 0 aromatic heterocycles. The lowest BCUT2D eigenvalue weighted by Crippen LogP contribution is -2.47. The number of hydrazine groups is 1. The molecule has 0 saturated heterocycles. The third-order valence-electron chi connectivity index (χ3n) is 3.10. The van der Waals surface area contributed by atoms with Crippen molar-refractivity contribution in [3.8, 4) is 0 Å². The lowest BCUT2D eigenvalue weighted by Gasteiger charge is -2.40. The second-order valence-electron chi connectivity index (χ2n) is 4.07. The van der Waals surface area contributed by atoms with Crippen LogP contribution in [-0.4, -0.2) is 12.9 Å². The van der Waals surface area contributed by atoms with Crippen LogP contribution < -0.4 is 11.3 Å². The highest BCUT2D eigenvalue weighted by Crippen LogP contribution is 2.41. The Morgan fingerprint density at radius 2 is 2.08 bits per heavy atom. The Morgan fingerprint density at radius 1 is 1.50 bits per heavy atom. The normalized spacial score (nSPS) is 20.5. The quantitative estimate of drug-likeness (QED) is 0.283. The van der Waals surface area contributed by atoms with E-state index in [9.17, 15) is 0 Å². The number of nitrogens with one attached hydrogen (secondary N) is 1. The Bertz CT molecular complexity index is 180. The van der Waals surface area contributed by atoms with Crippen LogP contribution in [0.4, 0.5) is 0 Å². The Kier molecular flexibility index (Phi) is 2.73. The average molecular weight is 169 g/mol. The number of hydrogen-bond acceptors (Lipinski definition) is 2. The molecule has 0 radical (unpaired) electrons. The zero-order valence-corrected chi connectivity index (χ0v) is 8.22. The van der Waals surface area contributed by atoms with Crippen LogP contribution in [0.3, 0.4) is 0 Å². The third-order valence-corrected chi connectivity index (χ3v) is 3.10. The fraction of sp³-hybridized carbons (Fsp3) is 0.889. The van der Waals surface area contributed by atoms with E-state index in [1.165, 1.54) is 19.3 Å². The van der Waals surface area contributed by atoms with E-state index in [1.807, 2.05) is 0 Å². The summed E-state index contributed by atoms with van der Waals surface area (Å²) in [5.74, 6) is 7.09. The highest BCUT2D eigenvalue weighted by molar-refractivity contribution is 5.87. The summed E-state index contributed by atoms with van der Waals surface area (Å²) < 4.78 is 0. The predicted octanol–water partition coefficient (Wildman–Crippen LogP) is 1.30. The van der Waals surface area contributed by atoms with E-state index in [0.29, 0.717) is 0 Å². The van der Waals surface area contributed by atoms with Gasteiger partial charge < -0.3 is 5.43 Å². The van der Waals surface area contributed by atoms with Crippen LogP contribution in [0.2, 0.25) is 0 Å². The molecule has 0 aliphatic heterocycles. The fourth-order valence-electron chi connectivity index (χ4n) is 1.86. The molecular weight excluding hydrogens is 150 g/mol. The molecule has 12 heavy (non-hydrogen) atoms. The first-order valence-corrected chi connectivity index (χ1v) is 4.56. The van der Waals surface area contributed by atoms with Gasteiger partial charge in [0.1, 0.15) is 5.84 Å². The van der Waals surface area contributed by atoms with Gasteiger partial charge in [0.05, 0.1) is 0 Å². The number of hydrogen-bond donors (Lipinski definition) is 2. The van der Waals surface area contributed by atoms with Crippen LogP contribution in [0.5, 0.6) is 0 Å². The van der Waals surface area contributed by atoms with Crippen molar-refractivity contribution in [3.05, 3.63) is 0 Å². The first-order chi connectivity index (χ1) is 5.62. The van der Waals surface area contributed by atoms with Gasteiger partial charge >= 0.3 is 0 Å². The molecule has 0 atom stereocenters. The van der Waals surface area contributed by atoms with Crippen LogP contribution in [-0.2, 0) is 0 Å². The Hall–Kier alpha value is -0.570. The van der Waals surface area contributed by atoms with Crippen molar-refractivity contribution in [2.75, 3.05) is 7.05 Å². The minimum absolute atomic E-state index is 0.127. The summed E-state index contributed by atoms with van der Waals surface area (Å²) in [5, 5.41) is 0. The SMILES string of the molecule is CN=C(NN)C(C)(C)C1CCC1. The molecule has 0 spiro atoms. The Labute approximate surface area is 74.4 Å². The van der Waals surface area contributed by atoms with Crippen LogP contribution in [0.15, 0.2) is 4.99 Å². The summed E-state index contributed by atoms with van der Waals surface area (Å²) in [6.45, 7) is 4.41. The van der Waals surface area contributed by atoms with E-state index in [4.69, 9.17) is 5.84 Å². The Balaban J connectivity index is 2.67. The molecule has 1 aliphatic rings. The maximum Gasteiger partial charge on any atom is 0.116 e. The predicted molar refractivity (Wildman–Crippen MR) is 51.8 cm³/mol. The summed E-state index contributed by atoms with van der Waals surface area (Å²) in [7, 11) is 1.79. The molecule has 0 aromatic carbocycles. The van der Waals surface area contributed by atoms with Gasteiger partial charge in [-0.05, 0) is 18.8 Å². The highest BCUT2D eigenvalue weighted by atomic mass is 15.3. The van der Waals surface area contributed by atoms with Crippen LogP contribution in [0.1, 0.15) is 33.1 Å². The number of nitrogens with zero attached hydrogens (tertiary/aromatic N) is 1. The number of nitrogens with two attached hydrogens (primary N) is 1. The summed E-state index contributed by atoms with van der Waals surface area (Å²) in [4.78, 5) is 4.16.